The zero-order chi connectivity index (χ0) is 13.8. The van der Waals surface area contributed by atoms with Crippen molar-refractivity contribution in [1.29, 1.82) is 0 Å². The highest BCUT2D eigenvalue weighted by molar-refractivity contribution is 6.30. The summed E-state index contributed by atoms with van der Waals surface area (Å²) in [6.45, 7) is 0. The van der Waals surface area contributed by atoms with Crippen molar-refractivity contribution in [2.24, 2.45) is 0 Å². The maximum Gasteiger partial charge on any atom is 0.129 e. The Morgan fingerprint density at radius 3 is 2.32 bits per heavy atom. The normalized spacial score (nSPS) is 12.4. The van der Waals surface area contributed by atoms with Gasteiger partial charge in [0, 0.05) is 16.6 Å². The van der Waals surface area contributed by atoms with Crippen molar-refractivity contribution in [1.82, 2.24) is 5.32 Å². The molecule has 0 aliphatic heterocycles. The van der Waals surface area contributed by atoms with E-state index < -0.39 is 11.6 Å². The first-order valence-corrected chi connectivity index (χ1v) is 6.35. The number of nitrogens with one attached hydrogen (secondary N) is 1. The van der Waals surface area contributed by atoms with Crippen LogP contribution in [-0.2, 0) is 6.42 Å². The highest BCUT2D eigenvalue weighted by atomic mass is 35.5. The van der Waals surface area contributed by atoms with Gasteiger partial charge in [0.25, 0.3) is 0 Å². The summed E-state index contributed by atoms with van der Waals surface area (Å²) in [5.74, 6) is -1.05. The number of hydrogen-bond acceptors (Lipinski definition) is 1. The van der Waals surface area contributed by atoms with Gasteiger partial charge in [-0.2, -0.15) is 0 Å². The summed E-state index contributed by atoms with van der Waals surface area (Å²) in [6.07, 6.45) is 0.231. The van der Waals surface area contributed by atoms with Crippen LogP contribution in [0.25, 0.3) is 0 Å². The molecule has 1 nitrogen and oxygen atoms in total. The summed E-state index contributed by atoms with van der Waals surface area (Å²) in [6, 6.07) is 11.0. The zero-order valence-corrected chi connectivity index (χ0v) is 11.2. The predicted molar refractivity (Wildman–Crippen MR) is 73.3 cm³/mol. The van der Waals surface area contributed by atoms with Gasteiger partial charge in [0.15, 0.2) is 0 Å². The van der Waals surface area contributed by atoms with Crippen LogP contribution in [0.1, 0.15) is 17.2 Å². The lowest BCUT2D eigenvalue weighted by atomic mass is 9.98. The van der Waals surface area contributed by atoms with Gasteiger partial charge in [-0.25, -0.2) is 8.78 Å². The topological polar surface area (TPSA) is 12.0 Å². The lowest BCUT2D eigenvalue weighted by Crippen LogP contribution is -2.20. The lowest BCUT2D eigenvalue weighted by molar-refractivity contribution is 0.515. The number of halogens is 3. The quantitative estimate of drug-likeness (QED) is 0.889. The van der Waals surface area contributed by atoms with Crippen molar-refractivity contribution < 1.29 is 8.78 Å². The fourth-order valence-electron chi connectivity index (χ4n) is 2.04. The third kappa shape index (κ3) is 3.31. The third-order valence-electron chi connectivity index (χ3n) is 3.07. The Labute approximate surface area is 116 Å². The van der Waals surface area contributed by atoms with Crippen LogP contribution in [0.15, 0.2) is 42.5 Å². The molecule has 1 N–H and O–H groups in total. The SMILES string of the molecule is CNC(Cc1c(F)cccc1F)c1cccc(Cl)c1. The molecule has 2 aromatic rings. The first kappa shape index (κ1) is 14.0. The molecule has 0 spiro atoms. The zero-order valence-electron chi connectivity index (χ0n) is 10.5. The maximum absolute atomic E-state index is 13.6. The average Bonchev–Trinajstić information content (AvgIpc) is 2.38. The van der Waals surface area contributed by atoms with E-state index in [0.29, 0.717) is 5.02 Å². The van der Waals surface area contributed by atoms with Crippen LogP contribution in [0.4, 0.5) is 8.78 Å². The van der Waals surface area contributed by atoms with E-state index in [1.165, 1.54) is 18.2 Å². The van der Waals surface area contributed by atoms with Crippen molar-refractivity contribution in [3.8, 4) is 0 Å². The van der Waals surface area contributed by atoms with Gasteiger partial charge in [-0.05, 0) is 43.3 Å². The van der Waals surface area contributed by atoms with Gasteiger partial charge in [0.1, 0.15) is 11.6 Å². The van der Waals surface area contributed by atoms with Gasteiger partial charge in [-0.3, -0.25) is 0 Å². The second kappa shape index (κ2) is 6.13. The molecule has 1 unspecified atom stereocenters. The minimum Gasteiger partial charge on any atom is -0.313 e. The summed E-state index contributed by atoms with van der Waals surface area (Å²) in [4.78, 5) is 0. The Morgan fingerprint density at radius 1 is 1.11 bits per heavy atom. The number of benzene rings is 2. The standard InChI is InChI=1S/C15H14ClF2N/c1-19-15(10-4-2-5-11(16)8-10)9-12-13(17)6-3-7-14(12)18/h2-8,15,19H,9H2,1H3. The molecule has 0 aliphatic carbocycles. The van der Waals surface area contributed by atoms with Crippen LogP contribution in [0.2, 0.25) is 5.02 Å². The minimum absolute atomic E-state index is 0.0850. The number of hydrogen-bond donors (Lipinski definition) is 1. The average molecular weight is 282 g/mol. The number of likely N-dealkylation sites (N-methyl/N-ethyl adjacent to an activating group) is 1. The molecule has 0 radical (unpaired) electrons. The monoisotopic (exact) mass is 281 g/mol. The van der Waals surface area contributed by atoms with E-state index in [1.54, 1.807) is 19.2 Å². The van der Waals surface area contributed by atoms with Gasteiger partial charge in [0.05, 0.1) is 0 Å². The Morgan fingerprint density at radius 2 is 1.74 bits per heavy atom. The first-order chi connectivity index (χ1) is 9.11. The van der Waals surface area contributed by atoms with E-state index >= 15 is 0 Å². The van der Waals surface area contributed by atoms with Crippen molar-refractivity contribution in [3.05, 3.63) is 70.2 Å². The van der Waals surface area contributed by atoms with Gasteiger partial charge in [0.2, 0.25) is 0 Å². The molecule has 0 aliphatic rings. The highest BCUT2D eigenvalue weighted by Crippen LogP contribution is 2.23. The molecule has 0 amide bonds. The fraction of sp³-hybridized carbons (Fsp3) is 0.200. The maximum atomic E-state index is 13.6. The molecule has 0 fully saturated rings. The Hall–Kier alpha value is -1.45. The molecule has 100 valence electrons. The van der Waals surface area contributed by atoms with Crippen LogP contribution in [0.5, 0.6) is 0 Å². The largest absolute Gasteiger partial charge is 0.313 e. The van der Waals surface area contributed by atoms with Crippen molar-refractivity contribution in [3.63, 3.8) is 0 Å². The molecule has 1 atom stereocenters. The van der Waals surface area contributed by atoms with Crippen LogP contribution < -0.4 is 5.32 Å². The van der Waals surface area contributed by atoms with Crippen LogP contribution in [0, 0.1) is 11.6 Å². The molecular weight excluding hydrogens is 268 g/mol. The summed E-state index contributed by atoms with van der Waals surface area (Å²) < 4.78 is 27.3. The van der Waals surface area contributed by atoms with E-state index in [-0.39, 0.29) is 18.0 Å². The Bertz CT molecular complexity index is 552. The Kier molecular flexibility index (Phi) is 4.51. The second-order valence-corrected chi connectivity index (χ2v) is 4.74. The summed E-state index contributed by atoms with van der Waals surface area (Å²) >= 11 is 5.94. The van der Waals surface area contributed by atoms with Gasteiger partial charge in [-0.1, -0.05) is 29.8 Å². The van der Waals surface area contributed by atoms with E-state index in [2.05, 4.69) is 5.32 Å². The van der Waals surface area contributed by atoms with Crippen LogP contribution in [0.3, 0.4) is 0 Å². The lowest BCUT2D eigenvalue weighted by Gasteiger charge is -2.17. The molecule has 2 rings (SSSR count). The van der Waals surface area contributed by atoms with Crippen LogP contribution in [-0.4, -0.2) is 7.05 Å². The smallest absolute Gasteiger partial charge is 0.129 e. The molecule has 2 aromatic carbocycles. The van der Waals surface area contributed by atoms with Gasteiger partial charge >= 0.3 is 0 Å². The Balaban J connectivity index is 2.29. The summed E-state index contributed by atoms with van der Waals surface area (Å²) in [5.41, 5.74) is 0.986. The highest BCUT2D eigenvalue weighted by Gasteiger charge is 2.16. The van der Waals surface area contributed by atoms with Crippen molar-refractivity contribution >= 4 is 11.6 Å². The van der Waals surface area contributed by atoms with E-state index in [0.717, 1.165) is 5.56 Å². The van der Waals surface area contributed by atoms with Crippen molar-refractivity contribution in [2.75, 3.05) is 7.05 Å². The summed E-state index contributed by atoms with van der Waals surface area (Å²) in [5, 5.41) is 3.66. The van der Waals surface area contributed by atoms with Crippen LogP contribution >= 0.6 is 11.6 Å². The predicted octanol–water partition coefficient (Wildman–Crippen LogP) is 4.12. The van der Waals surface area contributed by atoms with E-state index in [1.807, 2.05) is 12.1 Å². The molecule has 0 heterocycles. The molecule has 0 saturated heterocycles. The van der Waals surface area contributed by atoms with Crippen molar-refractivity contribution in [2.45, 2.75) is 12.5 Å². The molecule has 19 heavy (non-hydrogen) atoms. The van der Waals surface area contributed by atoms with E-state index in [9.17, 15) is 8.78 Å². The summed E-state index contributed by atoms with van der Waals surface area (Å²) in [7, 11) is 1.75. The van der Waals surface area contributed by atoms with Gasteiger partial charge < -0.3 is 5.32 Å². The molecule has 4 heteroatoms. The van der Waals surface area contributed by atoms with E-state index in [4.69, 9.17) is 11.6 Å². The fourth-order valence-corrected chi connectivity index (χ4v) is 2.24. The molecule has 0 saturated carbocycles. The molecular formula is C15H14ClF2N. The third-order valence-corrected chi connectivity index (χ3v) is 3.30. The second-order valence-electron chi connectivity index (χ2n) is 4.30. The minimum atomic E-state index is -0.526. The molecule has 0 bridgehead atoms. The van der Waals surface area contributed by atoms with Gasteiger partial charge in [-0.15, -0.1) is 0 Å². The first-order valence-electron chi connectivity index (χ1n) is 5.97. The molecule has 0 aromatic heterocycles. The number of rotatable bonds is 4.